The summed E-state index contributed by atoms with van der Waals surface area (Å²) < 4.78 is 17.5. The normalized spacial score (nSPS) is 48.8. The Morgan fingerprint density at radius 2 is 1.89 bits per heavy atom. The van der Waals surface area contributed by atoms with E-state index >= 15 is 0 Å². The molecule has 4 N–H and O–H groups in total. The second-order valence-corrected chi connectivity index (χ2v) is 13.0. The van der Waals surface area contributed by atoms with Crippen molar-refractivity contribution < 1.29 is 44.2 Å². The van der Waals surface area contributed by atoms with Crippen LogP contribution in [0.25, 0.3) is 0 Å². The molecule has 1 unspecified atom stereocenters. The van der Waals surface area contributed by atoms with E-state index in [1.165, 1.54) is 6.92 Å². The van der Waals surface area contributed by atoms with Crippen molar-refractivity contribution in [2.24, 2.45) is 34.0 Å². The minimum Gasteiger partial charge on any atom is -0.454 e. The number of fused-ring (bicyclic) bond motifs is 3. The van der Waals surface area contributed by atoms with Crippen molar-refractivity contribution in [3.63, 3.8) is 0 Å². The third-order valence-electron chi connectivity index (χ3n) is 10.5. The fraction of sp³-hybridized carbons (Fsp3) is 0.857. The van der Waals surface area contributed by atoms with Crippen LogP contribution in [0.15, 0.2) is 12.2 Å². The Balaban J connectivity index is 1.51. The summed E-state index contributed by atoms with van der Waals surface area (Å²) in [6, 6.07) is 0. The first kappa shape index (κ1) is 27.2. The fourth-order valence-electron chi connectivity index (χ4n) is 9.22. The molecule has 0 aromatic heterocycles. The highest BCUT2D eigenvalue weighted by Crippen LogP contribution is 2.71. The molecule has 0 aromatic rings. The molecule has 0 amide bonds. The predicted octanol–water partition coefficient (Wildman–Crippen LogP) is 1.49. The Bertz CT molecular complexity index is 948. The third kappa shape index (κ3) is 4.03. The number of carbonyl (C=O) groups is 2. The zero-order valence-electron chi connectivity index (χ0n) is 22.1. The van der Waals surface area contributed by atoms with Gasteiger partial charge in [0.25, 0.3) is 0 Å². The number of esters is 1. The number of ether oxygens (including phenoxy) is 3. The van der Waals surface area contributed by atoms with Gasteiger partial charge in [-0.2, -0.15) is 0 Å². The van der Waals surface area contributed by atoms with Crippen LogP contribution in [0, 0.1) is 34.0 Å². The topological polar surface area (TPSA) is 143 Å². The number of hydrogen-bond donors (Lipinski definition) is 4. The molecule has 9 nitrogen and oxygen atoms in total. The van der Waals surface area contributed by atoms with E-state index < -0.39 is 60.2 Å². The van der Waals surface area contributed by atoms with Crippen LogP contribution in [0.3, 0.4) is 0 Å². The zero-order chi connectivity index (χ0) is 26.9. The highest BCUT2D eigenvalue weighted by molar-refractivity contribution is 5.85. The van der Waals surface area contributed by atoms with Gasteiger partial charge in [-0.1, -0.05) is 26.8 Å². The lowest BCUT2D eigenvalue weighted by molar-refractivity contribution is -0.316. The van der Waals surface area contributed by atoms with Crippen molar-refractivity contribution in [2.75, 3.05) is 13.2 Å². The van der Waals surface area contributed by atoms with Gasteiger partial charge in [0.15, 0.2) is 12.4 Å². The minimum absolute atomic E-state index is 0.0349. The molecule has 1 heterocycles. The minimum atomic E-state index is -1.51. The van der Waals surface area contributed by atoms with E-state index in [-0.39, 0.29) is 35.6 Å². The van der Waals surface area contributed by atoms with Crippen molar-refractivity contribution in [2.45, 2.75) is 103 Å². The van der Waals surface area contributed by atoms with Crippen LogP contribution in [0.4, 0.5) is 0 Å². The lowest BCUT2D eigenvalue weighted by Gasteiger charge is -2.64. The molecule has 1 saturated heterocycles. The van der Waals surface area contributed by atoms with E-state index in [2.05, 4.69) is 20.4 Å². The molecule has 4 saturated carbocycles. The highest BCUT2D eigenvalue weighted by Gasteiger charge is 2.70. The molecule has 1 spiro atoms. The summed E-state index contributed by atoms with van der Waals surface area (Å²) in [6.07, 6.45) is -1.87. The summed E-state index contributed by atoms with van der Waals surface area (Å²) in [4.78, 5) is 25.8. The van der Waals surface area contributed by atoms with Crippen molar-refractivity contribution >= 4 is 11.8 Å². The molecule has 0 radical (unpaired) electrons. The number of aliphatic hydroxyl groups excluding tert-OH is 4. The van der Waals surface area contributed by atoms with Crippen LogP contribution in [0.1, 0.15) is 65.7 Å². The van der Waals surface area contributed by atoms with E-state index in [4.69, 9.17) is 14.2 Å². The van der Waals surface area contributed by atoms with Crippen LogP contribution < -0.4 is 0 Å². The largest absolute Gasteiger partial charge is 0.454 e. The van der Waals surface area contributed by atoms with Gasteiger partial charge in [0.05, 0.1) is 19.3 Å². The van der Waals surface area contributed by atoms with Gasteiger partial charge in [0.1, 0.15) is 24.1 Å². The molecule has 5 aliphatic rings. The molecule has 208 valence electrons. The van der Waals surface area contributed by atoms with E-state index in [0.717, 1.165) is 44.1 Å². The number of aliphatic hydroxyl groups is 4. The number of hydrogen-bond acceptors (Lipinski definition) is 9. The summed E-state index contributed by atoms with van der Waals surface area (Å²) in [5.74, 6) is -0.524. The van der Waals surface area contributed by atoms with Gasteiger partial charge in [-0.15, -0.1) is 0 Å². The number of Topliss-reactive ketones (excluding diaryl/α,β-unsaturated/α-hetero) is 1. The zero-order valence-corrected chi connectivity index (χ0v) is 22.1. The molecule has 4 aliphatic carbocycles. The van der Waals surface area contributed by atoms with Crippen molar-refractivity contribution in [3.8, 4) is 0 Å². The first-order chi connectivity index (χ1) is 17.4. The summed E-state index contributed by atoms with van der Waals surface area (Å²) in [5.41, 5.74) is -0.554. The maximum Gasteiger partial charge on any atom is 0.303 e. The van der Waals surface area contributed by atoms with Crippen molar-refractivity contribution in [3.05, 3.63) is 12.2 Å². The first-order valence-electron chi connectivity index (χ1n) is 13.7. The highest BCUT2D eigenvalue weighted by atomic mass is 16.7. The number of ketones is 1. The summed E-state index contributed by atoms with van der Waals surface area (Å²) in [5, 5.41) is 42.2. The SMILES string of the molecule is C=C1[C@@H]2CCC3[C@@](CC(=O)[C@@H]4C(C)(C)CCC[C@@]34CO[C@@H]3O[C@H](CO)[C@@H](O)[C@H](O)[C@H]3OC(C)=O)(C2)[C@@H]1O. The molecular weight excluding hydrogens is 480 g/mol. The van der Waals surface area contributed by atoms with Crippen molar-refractivity contribution in [1.29, 1.82) is 0 Å². The van der Waals surface area contributed by atoms with Crippen LogP contribution >= 0.6 is 0 Å². The first-order valence-corrected chi connectivity index (χ1v) is 13.7. The Hall–Kier alpha value is -1.36. The maximum atomic E-state index is 14.0. The second-order valence-electron chi connectivity index (χ2n) is 13.0. The average Bonchev–Trinajstić information content (AvgIpc) is 3.00. The van der Waals surface area contributed by atoms with E-state index in [1.807, 2.05) is 0 Å². The van der Waals surface area contributed by atoms with Gasteiger partial charge in [0, 0.05) is 30.1 Å². The van der Waals surface area contributed by atoms with Crippen LogP contribution in [0.5, 0.6) is 0 Å². The number of rotatable bonds is 5. The standard InChI is InChI=1S/C28H42O9/c1-14-16-6-7-19-27(13-35-25-22(36-15(2)30)21(33)20(32)18(12-29)37-25)9-5-8-26(3,4)23(27)17(31)11-28(19,10-16)24(14)34/h16,18-25,29,32-34H,1,5-13H2,2-4H3/t16-,18-,19?,20-,21+,22-,23-,24-,25-,27-,28+/m1/s1. The lowest BCUT2D eigenvalue weighted by atomic mass is 9.40. The Labute approximate surface area is 218 Å². The molecule has 5 rings (SSSR count). The van der Waals surface area contributed by atoms with Gasteiger partial charge in [-0.3, -0.25) is 9.59 Å². The average molecular weight is 523 g/mol. The summed E-state index contributed by atoms with van der Waals surface area (Å²) >= 11 is 0. The Kier molecular flexibility index (Phi) is 6.90. The van der Waals surface area contributed by atoms with Gasteiger partial charge in [-0.25, -0.2) is 0 Å². The van der Waals surface area contributed by atoms with Crippen LogP contribution in [0.2, 0.25) is 0 Å². The van der Waals surface area contributed by atoms with E-state index in [1.54, 1.807) is 0 Å². The third-order valence-corrected chi connectivity index (χ3v) is 10.5. The van der Waals surface area contributed by atoms with Gasteiger partial charge in [0.2, 0.25) is 0 Å². The maximum absolute atomic E-state index is 14.0. The van der Waals surface area contributed by atoms with Crippen molar-refractivity contribution in [1.82, 2.24) is 0 Å². The summed E-state index contributed by atoms with van der Waals surface area (Å²) in [7, 11) is 0. The lowest BCUT2D eigenvalue weighted by Crippen LogP contribution is -2.65. The monoisotopic (exact) mass is 522 g/mol. The molecule has 9 heteroatoms. The fourth-order valence-corrected chi connectivity index (χ4v) is 9.22. The molecule has 0 aromatic carbocycles. The quantitative estimate of drug-likeness (QED) is 0.312. The van der Waals surface area contributed by atoms with Crippen LogP contribution in [-0.2, 0) is 23.8 Å². The predicted molar refractivity (Wildman–Crippen MR) is 131 cm³/mol. The Morgan fingerprint density at radius 1 is 1.16 bits per heavy atom. The molecule has 11 atom stereocenters. The molecule has 5 fully saturated rings. The molecular formula is C28H42O9. The van der Waals surface area contributed by atoms with Gasteiger partial charge < -0.3 is 34.6 Å². The Morgan fingerprint density at radius 3 is 2.57 bits per heavy atom. The molecule has 2 bridgehead atoms. The summed E-state index contributed by atoms with van der Waals surface area (Å²) in [6.45, 7) is 9.24. The van der Waals surface area contributed by atoms with Crippen LogP contribution in [-0.4, -0.2) is 82.2 Å². The number of carbonyl (C=O) groups excluding carboxylic acids is 2. The van der Waals surface area contributed by atoms with Gasteiger partial charge in [-0.05, 0) is 54.9 Å². The van der Waals surface area contributed by atoms with E-state index in [0.29, 0.717) is 6.42 Å². The smallest absolute Gasteiger partial charge is 0.303 e. The molecule has 1 aliphatic heterocycles. The second kappa shape index (κ2) is 9.38. The van der Waals surface area contributed by atoms with E-state index in [9.17, 15) is 30.0 Å². The van der Waals surface area contributed by atoms with Gasteiger partial charge >= 0.3 is 5.97 Å². The molecule has 37 heavy (non-hydrogen) atoms.